The van der Waals surface area contributed by atoms with Gasteiger partial charge in [-0.3, -0.25) is 0 Å². The molecular weight excluding hydrogens is 236 g/mol. The molecule has 1 fully saturated rings. The molecule has 1 aliphatic rings. The predicted octanol–water partition coefficient (Wildman–Crippen LogP) is 2.05. The van der Waals surface area contributed by atoms with Crippen LogP contribution in [-0.4, -0.2) is 47.6 Å². The van der Waals surface area contributed by atoms with Crippen LogP contribution >= 0.6 is 11.6 Å². The van der Waals surface area contributed by atoms with E-state index in [2.05, 4.69) is 33.7 Å². The number of hydrogen-bond donors (Lipinski definition) is 0. The third kappa shape index (κ3) is 3.07. The van der Waals surface area contributed by atoms with Crippen molar-refractivity contribution in [1.82, 2.24) is 14.9 Å². The average Bonchev–Trinajstić information content (AvgIpc) is 2.38. The van der Waals surface area contributed by atoms with Crippen molar-refractivity contribution in [3.05, 3.63) is 17.5 Å². The van der Waals surface area contributed by atoms with E-state index in [-0.39, 0.29) is 0 Å². The van der Waals surface area contributed by atoms with Crippen LogP contribution in [0.1, 0.15) is 19.8 Å². The molecule has 2 heterocycles. The minimum Gasteiger partial charge on any atom is -0.356 e. The van der Waals surface area contributed by atoms with E-state index >= 15 is 0 Å². The SMILES string of the molecule is CCN1CCC(N(C)c2ccnc(Cl)n2)CC1. The number of hydrogen-bond acceptors (Lipinski definition) is 4. The molecule has 0 atom stereocenters. The highest BCUT2D eigenvalue weighted by Gasteiger charge is 2.22. The molecule has 2 rings (SSSR count). The van der Waals surface area contributed by atoms with Crippen molar-refractivity contribution in [2.24, 2.45) is 0 Å². The molecule has 4 nitrogen and oxygen atoms in total. The van der Waals surface area contributed by atoms with E-state index in [1.807, 2.05) is 6.07 Å². The Labute approximate surface area is 108 Å². The van der Waals surface area contributed by atoms with Crippen molar-refractivity contribution in [2.45, 2.75) is 25.8 Å². The van der Waals surface area contributed by atoms with Gasteiger partial charge in [0.1, 0.15) is 5.82 Å². The lowest BCUT2D eigenvalue weighted by atomic mass is 10.0. The van der Waals surface area contributed by atoms with Crippen LogP contribution in [0.4, 0.5) is 5.82 Å². The van der Waals surface area contributed by atoms with Crippen LogP contribution in [0.25, 0.3) is 0 Å². The lowest BCUT2D eigenvalue weighted by Crippen LogP contribution is -2.43. The first kappa shape index (κ1) is 12.6. The van der Waals surface area contributed by atoms with Crippen LogP contribution < -0.4 is 4.90 Å². The smallest absolute Gasteiger partial charge is 0.224 e. The Morgan fingerprint density at radius 3 is 2.76 bits per heavy atom. The van der Waals surface area contributed by atoms with Crippen LogP contribution in [0.15, 0.2) is 12.3 Å². The topological polar surface area (TPSA) is 32.3 Å². The van der Waals surface area contributed by atoms with Gasteiger partial charge >= 0.3 is 0 Å². The van der Waals surface area contributed by atoms with E-state index in [1.165, 1.54) is 25.9 Å². The molecular formula is C12H19ClN4. The van der Waals surface area contributed by atoms with Gasteiger partial charge in [0.2, 0.25) is 5.28 Å². The van der Waals surface area contributed by atoms with Gasteiger partial charge in [0.15, 0.2) is 0 Å². The molecule has 0 amide bonds. The molecule has 0 spiro atoms. The number of piperidine rings is 1. The molecule has 0 aromatic carbocycles. The number of nitrogens with zero attached hydrogens (tertiary/aromatic N) is 4. The summed E-state index contributed by atoms with van der Waals surface area (Å²) in [4.78, 5) is 12.9. The fourth-order valence-corrected chi connectivity index (χ4v) is 2.48. The molecule has 94 valence electrons. The molecule has 0 bridgehead atoms. The third-order valence-corrected chi connectivity index (χ3v) is 3.71. The lowest BCUT2D eigenvalue weighted by Gasteiger charge is -2.36. The highest BCUT2D eigenvalue weighted by atomic mass is 35.5. The zero-order valence-corrected chi connectivity index (χ0v) is 11.2. The summed E-state index contributed by atoms with van der Waals surface area (Å²) in [6.45, 7) is 5.71. The van der Waals surface area contributed by atoms with Gasteiger partial charge in [0.25, 0.3) is 0 Å². The Balaban J connectivity index is 1.99. The van der Waals surface area contributed by atoms with E-state index in [9.17, 15) is 0 Å². The van der Waals surface area contributed by atoms with Gasteiger partial charge in [-0.1, -0.05) is 6.92 Å². The van der Waals surface area contributed by atoms with Crippen LogP contribution in [0.2, 0.25) is 5.28 Å². The van der Waals surface area contributed by atoms with E-state index < -0.39 is 0 Å². The maximum atomic E-state index is 5.82. The first-order valence-corrected chi connectivity index (χ1v) is 6.52. The molecule has 5 heteroatoms. The monoisotopic (exact) mass is 254 g/mol. The Bertz CT molecular complexity index is 363. The molecule has 1 aliphatic heterocycles. The average molecular weight is 255 g/mol. The van der Waals surface area contributed by atoms with Crippen molar-refractivity contribution >= 4 is 17.4 Å². The van der Waals surface area contributed by atoms with Gasteiger partial charge < -0.3 is 9.80 Å². The largest absolute Gasteiger partial charge is 0.356 e. The van der Waals surface area contributed by atoms with Crippen LogP contribution in [0.5, 0.6) is 0 Å². The summed E-state index contributed by atoms with van der Waals surface area (Å²) in [6, 6.07) is 2.47. The molecule has 1 aromatic rings. The lowest BCUT2D eigenvalue weighted by molar-refractivity contribution is 0.220. The third-order valence-electron chi connectivity index (χ3n) is 3.52. The standard InChI is InChI=1S/C12H19ClN4/c1-3-17-8-5-10(6-9-17)16(2)11-4-7-14-12(13)15-11/h4,7,10H,3,5-6,8-9H2,1-2H3. The van der Waals surface area contributed by atoms with Crippen LogP contribution in [-0.2, 0) is 0 Å². The van der Waals surface area contributed by atoms with Crippen LogP contribution in [0.3, 0.4) is 0 Å². The van der Waals surface area contributed by atoms with Gasteiger partial charge in [0, 0.05) is 32.4 Å². The second-order valence-corrected chi connectivity index (χ2v) is 4.80. The zero-order valence-electron chi connectivity index (χ0n) is 10.4. The van der Waals surface area contributed by atoms with Crippen molar-refractivity contribution < 1.29 is 0 Å². The fraction of sp³-hybridized carbons (Fsp3) is 0.667. The van der Waals surface area contributed by atoms with Gasteiger partial charge in [-0.15, -0.1) is 0 Å². The first-order chi connectivity index (χ1) is 8.20. The number of likely N-dealkylation sites (tertiary alicyclic amines) is 1. The quantitative estimate of drug-likeness (QED) is 0.773. The summed E-state index contributed by atoms with van der Waals surface area (Å²) in [5.41, 5.74) is 0. The van der Waals surface area contributed by atoms with Gasteiger partial charge in [0.05, 0.1) is 0 Å². The number of rotatable bonds is 3. The van der Waals surface area contributed by atoms with E-state index in [0.717, 1.165) is 12.4 Å². The highest BCUT2D eigenvalue weighted by Crippen LogP contribution is 2.20. The molecule has 0 unspecified atom stereocenters. The fourth-order valence-electron chi connectivity index (χ4n) is 2.33. The molecule has 1 aromatic heterocycles. The van der Waals surface area contributed by atoms with Crippen molar-refractivity contribution in [2.75, 3.05) is 31.6 Å². The second-order valence-electron chi connectivity index (χ2n) is 4.46. The van der Waals surface area contributed by atoms with E-state index in [4.69, 9.17) is 11.6 Å². The molecule has 0 radical (unpaired) electrons. The Morgan fingerprint density at radius 1 is 1.47 bits per heavy atom. The van der Waals surface area contributed by atoms with Crippen LogP contribution in [0, 0.1) is 0 Å². The molecule has 0 saturated carbocycles. The summed E-state index contributed by atoms with van der Waals surface area (Å²) in [5, 5.41) is 0.320. The molecule has 0 N–H and O–H groups in total. The summed E-state index contributed by atoms with van der Waals surface area (Å²) >= 11 is 5.82. The summed E-state index contributed by atoms with van der Waals surface area (Å²) in [6.07, 6.45) is 4.08. The predicted molar refractivity (Wildman–Crippen MR) is 70.6 cm³/mol. The first-order valence-electron chi connectivity index (χ1n) is 6.14. The Hall–Kier alpha value is -0.870. The zero-order chi connectivity index (χ0) is 12.3. The number of halogens is 1. The summed E-state index contributed by atoms with van der Waals surface area (Å²) in [5.74, 6) is 0.917. The minimum absolute atomic E-state index is 0.320. The van der Waals surface area contributed by atoms with E-state index in [1.54, 1.807) is 6.20 Å². The molecule has 17 heavy (non-hydrogen) atoms. The maximum Gasteiger partial charge on any atom is 0.224 e. The summed E-state index contributed by atoms with van der Waals surface area (Å²) in [7, 11) is 2.09. The minimum atomic E-state index is 0.320. The Morgan fingerprint density at radius 2 is 2.18 bits per heavy atom. The number of aromatic nitrogens is 2. The van der Waals surface area contributed by atoms with Gasteiger partial charge in [-0.2, -0.15) is 0 Å². The van der Waals surface area contributed by atoms with E-state index in [0.29, 0.717) is 11.3 Å². The molecule has 0 aliphatic carbocycles. The van der Waals surface area contributed by atoms with Gasteiger partial charge in [-0.25, -0.2) is 9.97 Å². The Kier molecular flexibility index (Phi) is 4.18. The second kappa shape index (κ2) is 5.65. The highest BCUT2D eigenvalue weighted by molar-refractivity contribution is 6.28. The van der Waals surface area contributed by atoms with Crippen molar-refractivity contribution in [3.63, 3.8) is 0 Å². The molecule has 1 saturated heterocycles. The maximum absolute atomic E-state index is 5.82. The number of anilines is 1. The van der Waals surface area contributed by atoms with Crippen molar-refractivity contribution in [1.29, 1.82) is 0 Å². The summed E-state index contributed by atoms with van der Waals surface area (Å²) < 4.78 is 0. The van der Waals surface area contributed by atoms with Crippen molar-refractivity contribution in [3.8, 4) is 0 Å². The van der Waals surface area contributed by atoms with Gasteiger partial charge in [-0.05, 0) is 37.1 Å². The normalized spacial score (nSPS) is 18.3.